The number of pyridine rings is 1. The molecule has 102 valence electrons. The first-order valence-electron chi connectivity index (χ1n) is 5.78. The predicted molar refractivity (Wildman–Crippen MR) is 73.8 cm³/mol. The molecular formula is C14H11ClN2O3. The Kier molecular flexibility index (Phi) is 4.32. The van der Waals surface area contributed by atoms with E-state index in [0.717, 1.165) is 0 Å². The lowest BCUT2D eigenvalue weighted by atomic mass is 10.1. The van der Waals surface area contributed by atoms with Gasteiger partial charge in [0.2, 0.25) is 0 Å². The SMILES string of the molecule is O=C(O)c1cccc(CNC(=O)c2ccc(Cl)nc2)c1. The van der Waals surface area contributed by atoms with E-state index >= 15 is 0 Å². The zero-order chi connectivity index (χ0) is 14.5. The topological polar surface area (TPSA) is 79.3 Å². The summed E-state index contributed by atoms with van der Waals surface area (Å²) in [5.41, 5.74) is 1.29. The van der Waals surface area contributed by atoms with Crippen LogP contribution >= 0.6 is 11.6 Å². The molecule has 0 saturated carbocycles. The fraction of sp³-hybridized carbons (Fsp3) is 0.0714. The van der Waals surface area contributed by atoms with Crippen LogP contribution in [0.2, 0.25) is 5.15 Å². The molecule has 0 aliphatic carbocycles. The Morgan fingerprint density at radius 2 is 2.00 bits per heavy atom. The van der Waals surface area contributed by atoms with Gasteiger partial charge < -0.3 is 10.4 Å². The van der Waals surface area contributed by atoms with Crippen LogP contribution in [0.1, 0.15) is 26.3 Å². The number of rotatable bonds is 4. The number of halogens is 1. The molecule has 0 bridgehead atoms. The molecule has 1 aromatic heterocycles. The zero-order valence-corrected chi connectivity index (χ0v) is 11.1. The average molecular weight is 291 g/mol. The van der Waals surface area contributed by atoms with Crippen LogP contribution < -0.4 is 5.32 Å². The minimum absolute atomic E-state index is 0.185. The number of carbonyl (C=O) groups excluding carboxylic acids is 1. The minimum Gasteiger partial charge on any atom is -0.478 e. The molecule has 0 saturated heterocycles. The van der Waals surface area contributed by atoms with Gasteiger partial charge in [0.25, 0.3) is 5.91 Å². The Balaban J connectivity index is 2.01. The first-order valence-corrected chi connectivity index (χ1v) is 6.16. The van der Waals surface area contributed by atoms with Crippen molar-refractivity contribution in [3.8, 4) is 0 Å². The van der Waals surface area contributed by atoms with Crippen molar-refractivity contribution in [2.24, 2.45) is 0 Å². The first-order chi connectivity index (χ1) is 9.56. The first kappa shape index (κ1) is 14.0. The molecule has 2 rings (SSSR count). The lowest BCUT2D eigenvalue weighted by molar-refractivity contribution is 0.0696. The number of aromatic carboxylic acids is 1. The third-order valence-corrected chi connectivity index (χ3v) is 2.84. The Labute approximate surface area is 120 Å². The molecule has 1 heterocycles. The van der Waals surface area contributed by atoms with Gasteiger partial charge in [0.05, 0.1) is 11.1 Å². The summed E-state index contributed by atoms with van der Waals surface area (Å²) in [5.74, 6) is -1.30. The normalized spacial score (nSPS) is 10.1. The van der Waals surface area contributed by atoms with Crippen LogP contribution in [0.15, 0.2) is 42.6 Å². The van der Waals surface area contributed by atoms with Gasteiger partial charge in [-0.1, -0.05) is 23.7 Å². The van der Waals surface area contributed by atoms with Crippen molar-refractivity contribution in [2.45, 2.75) is 6.54 Å². The Bertz CT molecular complexity index is 641. The fourth-order valence-corrected chi connectivity index (χ4v) is 1.72. The van der Waals surface area contributed by atoms with E-state index in [4.69, 9.17) is 16.7 Å². The number of carboxylic acids is 1. The van der Waals surface area contributed by atoms with E-state index in [1.807, 2.05) is 0 Å². The summed E-state index contributed by atoms with van der Waals surface area (Å²) in [5, 5.41) is 11.9. The van der Waals surface area contributed by atoms with Crippen LogP contribution in [0.25, 0.3) is 0 Å². The smallest absolute Gasteiger partial charge is 0.335 e. The third-order valence-electron chi connectivity index (χ3n) is 2.62. The van der Waals surface area contributed by atoms with E-state index in [9.17, 15) is 9.59 Å². The van der Waals surface area contributed by atoms with Gasteiger partial charge in [0.15, 0.2) is 0 Å². The van der Waals surface area contributed by atoms with Crippen molar-refractivity contribution in [1.82, 2.24) is 10.3 Å². The number of amides is 1. The standard InChI is InChI=1S/C14H11ClN2O3/c15-12-5-4-11(8-16-12)13(18)17-7-9-2-1-3-10(6-9)14(19)20/h1-6,8H,7H2,(H,17,18)(H,19,20). The molecular weight excluding hydrogens is 280 g/mol. The molecule has 0 spiro atoms. The highest BCUT2D eigenvalue weighted by Crippen LogP contribution is 2.07. The van der Waals surface area contributed by atoms with Crippen LogP contribution in [0.4, 0.5) is 0 Å². The summed E-state index contributed by atoms with van der Waals surface area (Å²) in [6.07, 6.45) is 1.38. The molecule has 0 aliphatic heterocycles. The van der Waals surface area contributed by atoms with E-state index < -0.39 is 5.97 Å². The van der Waals surface area contributed by atoms with E-state index in [2.05, 4.69) is 10.3 Å². The molecule has 5 nitrogen and oxygen atoms in total. The van der Waals surface area contributed by atoms with E-state index in [0.29, 0.717) is 16.3 Å². The van der Waals surface area contributed by atoms with Gasteiger partial charge >= 0.3 is 5.97 Å². The van der Waals surface area contributed by atoms with Gasteiger partial charge in [-0.25, -0.2) is 9.78 Å². The molecule has 0 radical (unpaired) electrons. The van der Waals surface area contributed by atoms with E-state index in [-0.39, 0.29) is 18.0 Å². The van der Waals surface area contributed by atoms with Gasteiger partial charge in [-0.3, -0.25) is 4.79 Å². The molecule has 20 heavy (non-hydrogen) atoms. The zero-order valence-electron chi connectivity index (χ0n) is 10.3. The van der Waals surface area contributed by atoms with Crippen molar-refractivity contribution in [1.29, 1.82) is 0 Å². The highest BCUT2D eigenvalue weighted by atomic mass is 35.5. The average Bonchev–Trinajstić information content (AvgIpc) is 2.46. The predicted octanol–water partition coefficient (Wildman–Crippen LogP) is 2.36. The van der Waals surface area contributed by atoms with Crippen LogP contribution in [-0.4, -0.2) is 22.0 Å². The summed E-state index contributed by atoms with van der Waals surface area (Å²) in [4.78, 5) is 26.5. The number of carbonyl (C=O) groups is 2. The number of benzene rings is 1. The van der Waals surface area contributed by atoms with Gasteiger partial charge in [0, 0.05) is 12.7 Å². The van der Waals surface area contributed by atoms with Crippen molar-refractivity contribution in [2.75, 3.05) is 0 Å². The van der Waals surface area contributed by atoms with Gasteiger partial charge in [0.1, 0.15) is 5.15 Å². The van der Waals surface area contributed by atoms with Crippen LogP contribution in [0, 0.1) is 0 Å². The van der Waals surface area contributed by atoms with Crippen molar-refractivity contribution < 1.29 is 14.7 Å². The van der Waals surface area contributed by atoms with Crippen LogP contribution in [0.5, 0.6) is 0 Å². The second-order valence-corrected chi connectivity index (χ2v) is 4.45. The second-order valence-electron chi connectivity index (χ2n) is 4.06. The minimum atomic E-state index is -1.000. The number of nitrogens with zero attached hydrogens (tertiary/aromatic N) is 1. The fourth-order valence-electron chi connectivity index (χ4n) is 1.61. The number of nitrogens with one attached hydrogen (secondary N) is 1. The number of hydrogen-bond donors (Lipinski definition) is 2. The molecule has 0 fully saturated rings. The monoisotopic (exact) mass is 290 g/mol. The maximum Gasteiger partial charge on any atom is 0.335 e. The van der Waals surface area contributed by atoms with Crippen LogP contribution in [-0.2, 0) is 6.54 Å². The number of carboxylic acid groups (broad SMARTS) is 1. The molecule has 0 unspecified atom stereocenters. The Morgan fingerprint density at radius 1 is 1.20 bits per heavy atom. The summed E-state index contributed by atoms with van der Waals surface area (Å²) < 4.78 is 0. The lowest BCUT2D eigenvalue weighted by Crippen LogP contribution is -2.23. The van der Waals surface area contributed by atoms with E-state index in [1.54, 1.807) is 18.2 Å². The second kappa shape index (κ2) is 6.16. The molecule has 6 heteroatoms. The molecule has 0 atom stereocenters. The third kappa shape index (κ3) is 3.55. The maximum absolute atomic E-state index is 11.8. The van der Waals surface area contributed by atoms with Crippen molar-refractivity contribution >= 4 is 23.5 Å². The summed E-state index contributed by atoms with van der Waals surface area (Å²) in [7, 11) is 0. The summed E-state index contributed by atoms with van der Waals surface area (Å²) in [6.45, 7) is 0.239. The molecule has 2 aromatic rings. The quantitative estimate of drug-likeness (QED) is 0.847. The highest BCUT2D eigenvalue weighted by molar-refractivity contribution is 6.29. The molecule has 2 N–H and O–H groups in total. The number of hydrogen-bond acceptors (Lipinski definition) is 3. The van der Waals surface area contributed by atoms with Gasteiger partial charge in [-0.2, -0.15) is 0 Å². The van der Waals surface area contributed by atoms with Gasteiger partial charge in [-0.05, 0) is 29.8 Å². The largest absolute Gasteiger partial charge is 0.478 e. The summed E-state index contributed by atoms with van der Waals surface area (Å²) >= 11 is 5.64. The number of aromatic nitrogens is 1. The van der Waals surface area contributed by atoms with Gasteiger partial charge in [-0.15, -0.1) is 0 Å². The Morgan fingerprint density at radius 3 is 2.65 bits per heavy atom. The highest BCUT2D eigenvalue weighted by Gasteiger charge is 2.07. The Hall–Kier alpha value is -2.40. The maximum atomic E-state index is 11.8. The molecule has 0 aliphatic rings. The lowest BCUT2D eigenvalue weighted by Gasteiger charge is -2.06. The van der Waals surface area contributed by atoms with Crippen molar-refractivity contribution in [3.05, 3.63) is 64.4 Å². The van der Waals surface area contributed by atoms with Crippen molar-refractivity contribution in [3.63, 3.8) is 0 Å². The summed E-state index contributed by atoms with van der Waals surface area (Å²) in [6, 6.07) is 9.49. The van der Waals surface area contributed by atoms with E-state index in [1.165, 1.54) is 24.4 Å². The van der Waals surface area contributed by atoms with Crippen LogP contribution in [0.3, 0.4) is 0 Å². The molecule has 1 amide bonds. The molecule has 1 aromatic carbocycles.